The first-order chi connectivity index (χ1) is 7.41. The van der Waals surface area contributed by atoms with E-state index in [4.69, 9.17) is 39.1 Å². The predicted molar refractivity (Wildman–Crippen MR) is 57.0 cm³/mol. The van der Waals surface area contributed by atoms with Gasteiger partial charge in [-0.05, 0) is 11.8 Å². The van der Waals surface area contributed by atoms with Crippen LogP contribution in [0.1, 0.15) is 0 Å². The molecule has 0 aliphatic heterocycles. The third-order valence-corrected chi connectivity index (χ3v) is 3.77. The highest BCUT2D eigenvalue weighted by Gasteiger charge is 2.38. The van der Waals surface area contributed by atoms with Gasteiger partial charge in [-0.3, -0.25) is 0 Å². The van der Waals surface area contributed by atoms with Gasteiger partial charge in [-0.25, -0.2) is 13.7 Å². The normalized spacial score (nSPS) is 13.8. The van der Waals surface area contributed by atoms with Gasteiger partial charge in [0.1, 0.15) is 0 Å². The summed E-state index contributed by atoms with van der Waals surface area (Å²) in [6, 6.07) is 0. The minimum Gasteiger partial charge on any atom is -0.325 e. The fourth-order valence-corrected chi connectivity index (χ4v) is 2.82. The average Bonchev–Trinajstić information content (AvgIpc) is 1.64. The lowest BCUT2D eigenvalue weighted by Crippen LogP contribution is -1.91. The maximum absolute atomic E-state index is 10.4. The highest BCUT2D eigenvalue weighted by Crippen LogP contribution is 2.64. The first-order valence-electron chi connectivity index (χ1n) is 3.06. The van der Waals surface area contributed by atoms with E-state index in [1.807, 2.05) is 0 Å². The molecule has 18 heavy (non-hydrogen) atoms. The summed E-state index contributed by atoms with van der Waals surface area (Å²) in [5, 5.41) is 0. The van der Waals surface area contributed by atoms with Crippen LogP contribution in [0.4, 0.5) is 0 Å². The van der Waals surface area contributed by atoms with Crippen LogP contribution in [0.15, 0.2) is 0 Å². The molecule has 0 bridgehead atoms. The van der Waals surface area contributed by atoms with Crippen molar-refractivity contribution in [3.8, 4) is 0 Å². The molecule has 0 aromatic rings. The Kier molecular flexibility index (Phi) is 8.37. The van der Waals surface area contributed by atoms with Gasteiger partial charge in [-0.15, -0.1) is 0 Å². The number of phosphoric acid groups is 3. The standard InChI is InChI=1S/H5O10P3.H3O3PS/c1-11(2,3)9-13(7,8)10-12(4,5)6;1-4(2,3)5/h(H,7,8)(H2,1,2,3)(H2,4,5,6);(H3,1,2,3,5). The van der Waals surface area contributed by atoms with E-state index in [1.54, 1.807) is 0 Å². The predicted octanol–water partition coefficient (Wildman–Crippen LogP) is -1.51. The van der Waals surface area contributed by atoms with E-state index in [0.29, 0.717) is 0 Å². The van der Waals surface area contributed by atoms with Crippen molar-refractivity contribution in [2.24, 2.45) is 0 Å². The van der Waals surface area contributed by atoms with Crippen molar-refractivity contribution in [1.29, 1.82) is 0 Å². The average molecular weight is 372 g/mol. The van der Waals surface area contributed by atoms with Crippen LogP contribution in [0, 0.1) is 0 Å². The molecular formula is H8O13P4S. The molecule has 0 unspecified atom stereocenters. The van der Waals surface area contributed by atoms with E-state index in [-0.39, 0.29) is 0 Å². The first-order valence-corrected chi connectivity index (χ1v) is 10.3. The Labute approximate surface area is 104 Å². The largest absolute Gasteiger partial charge is 0.490 e. The molecule has 0 rings (SSSR count). The minimum absolute atomic E-state index is 3.06. The Morgan fingerprint density at radius 3 is 0.944 bits per heavy atom. The summed E-state index contributed by atoms with van der Waals surface area (Å²) in [6.07, 6.45) is 0. The van der Waals surface area contributed by atoms with Gasteiger partial charge < -0.3 is 39.1 Å². The van der Waals surface area contributed by atoms with Gasteiger partial charge in [-0.2, -0.15) is 8.62 Å². The van der Waals surface area contributed by atoms with Crippen molar-refractivity contribution in [2.75, 3.05) is 0 Å². The van der Waals surface area contributed by atoms with Crippen LogP contribution in [0.2, 0.25) is 0 Å². The number of hydrogen-bond donors (Lipinski definition) is 8. The molecule has 0 aromatic heterocycles. The second-order valence-corrected chi connectivity index (χ2v) is 8.83. The fourth-order valence-electron chi connectivity index (χ4n) is 0.284. The summed E-state index contributed by atoms with van der Waals surface area (Å²) in [5.41, 5.74) is 0. The molecule has 13 nitrogen and oxygen atoms in total. The van der Waals surface area contributed by atoms with Crippen LogP contribution >= 0.6 is 30.2 Å². The quantitative estimate of drug-likeness (QED) is 0.262. The molecule has 18 heteroatoms. The van der Waals surface area contributed by atoms with E-state index < -0.39 is 30.2 Å². The van der Waals surface area contributed by atoms with Crippen molar-refractivity contribution >= 4 is 42.0 Å². The van der Waals surface area contributed by atoms with E-state index >= 15 is 0 Å². The van der Waals surface area contributed by atoms with Crippen molar-refractivity contribution in [2.45, 2.75) is 0 Å². The molecule has 0 spiro atoms. The molecule has 112 valence electrons. The molecule has 0 aromatic carbocycles. The lowest BCUT2D eigenvalue weighted by molar-refractivity contribution is 0.204. The summed E-state index contributed by atoms with van der Waals surface area (Å²) in [5.74, 6) is 0. The van der Waals surface area contributed by atoms with E-state index in [1.165, 1.54) is 0 Å². The van der Waals surface area contributed by atoms with E-state index in [0.717, 1.165) is 0 Å². The van der Waals surface area contributed by atoms with Crippen molar-refractivity contribution in [3.63, 3.8) is 0 Å². The third-order valence-electron chi connectivity index (χ3n) is 0.419. The maximum atomic E-state index is 10.4. The molecule has 8 N–H and O–H groups in total. The molecular weight excluding hydrogens is 364 g/mol. The van der Waals surface area contributed by atoms with Gasteiger partial charge >= 0.3 is 30.2 Å². The van der Waals surface area contributed by atoms with Crippen LogP contribution in [0.25, 0.3) is 0 Å². The van der Waals surface area contributed by atoms with Crippen LogP contribution < -0.4 is 0 Å². The lowest BCUT2D eigenvalue weighted by Gasteiger charge is -2.11. The zero-order chi connectivity index (χ0) is 15.4. The number of rotatable bonds is 4. The van der Waals surface area contributed by atoms with Gasteiger partial charge in [0.25, 0.3) is 0 Å². The van der Waals surface area contributed by atoms with Gasteiger partial charge in [0.2, 0.25) is 0 Å². The van der Waals surface area contributed by atoms with Gasteiger partial charge in [-0.1, -0.05) is 0 Å². The molecule has 0 atom stereocenters. The summed E-state index contributed by atoms with van der Waals surface area (Å²) in [6.45, 7) is -3.81. The van der Waals surface area contributed by atoms with Crippen LogP contribution in [-0.4, -0.2) is 39.1 Å². The van der Waals surface area contributed by atoms with Crippen molar-refractivity contribution < 1.29 is 61.5 Å². The zero-order valence-electron chi connectivity index (χ0n) is 7.82. The SMILES string of the molecule is O=P(O)(O)OP(=O)(O)OP(=O)(O)O.OP(O)(O)=S. The number of hydrogen-bond acceptors (Lipinski definition) is 6. The zero-order valence-corrected chi connectivity index (χ0v) is 12.2. The summed E-state index contributed by atoms with van der Waals surface area (Å²) in [4.78, 5) is 62.9. The first kappa shape index (κ1) is 21.2. The second-order valence-electron chi connectivity index (χ2n) is 2.13. The molecule has 0 saturated carbocycles. The summed E-state index contributed by atoms with van der Waals surface area (Å²) >= 11 is 3.60. The Balaban J connectivity index is 0. The second kappa shape index (κ2) is 7.09. The molecule has 0 saturated heterocycles. The van der Waals surface area contributed by atoms with Gasteiger partial charge in [0.05, 0.1) is 0 Å². The summed E-state index contributed by atoms with van der Waals surface area (Å²) in [7, 11) is -16.2. The smallest absolute Gasteiger partial charge is 0.325 e. The Morgan fingerprint density at radius 2 is 0.833 bits per heavy atom. The van der Waals surface area contributed by atoms with Gasteiger partial charge in [0.15, 0.2) is 0 Å². The molecule has 0 amide bonds. The summed E-state index contributed by atoms with van der Waals surface area (Å²) < 4.78 is 36.4. The Bertz CT molecular complexity index is 394. The Hall–Kier alpha value is 0.940. The van der Waals surface area contributed by atoms with E-state index in [9.17, 15) is 13.7 Å². The van der Waals surface area contributed by atoms with Crippen LogP contribution in [-0.2, 0) is 34.1 Å². The van der Waals surface area contributed by atoms with Gasteiger partial charge in [0, 0.05) is 0 Å². The lowest BCUT2D eigenvalue weighted by atomic mass is 15.7. The monoisotopic (exact) mass is 372 g/mol. The molecule has 0 fully saturated rings. The molecule has 0 radical (unpaired) electrons. The molecule has 0 aliphatic carbocycles. The van der Waals surface area contributed by atoms with E-state index in [2.05, 4.69) is 20.4 Å². The fraction of sp³-hybridized carbons (Fsp3) is 0. The van der Waals surface area contributed by atoms with Crippen molar-refractivity contribution in [3.05, 3.63) is 0 Å². The van der Waals surface area contributed by atoms with Crippen LogP contribution in [0.5, 0.6) is 0 Å². The Morgan fingerprint density at radius 1 is 0.667 bits per heavy atom. The highest BCUT2D eigenvalue weighted by atomic mass is 32.5. The molecule has 0 aliphatic rings. The third kappa shape index (κ3) is 25.7. The van der Waals surface area contributed by atoms with Crippen molar-refractivity contribution in [1.82, 2.24) is 0 Å². The highest BCUT2D eigenvalue weighted by molar-refractivity contribution is 8.06. The topological polar surface area (TPSA) is 232 Å². The molecule has 0 heterocycles. The maximum Gasteiger partial charge on any atom is 0.490 e. The van der Waals surface area contributed by atoms with Crippen LogP contribution in [0.3, 0.4) is 0 Å². The minimum atomic E-state index is -5.46.